The van der Waals surface area contributed by atoms with Crippen LogP contribution in [0.15, 0.2) is 54.6 Å². The number of hydrogen-bond acceptors (Lipinski definition) is 2. The molecule has 3 rings (SSSR count). The Morgan fingerprint density at radius 1 is 1.08 bits per heavy atom. The lowest BCUT2D eigenvalue weighted by Gasteiger charge is -2.23. The molecule has 0 saturated carbocycles. The van der Waals surface area contributed by atoms with Crippen LogP contribution in [0.4, 0.5) is 4.39 Å². The number of hydrogen-bond donors (Lipinski definition) is 0. The van der Waals surface area contributed by atoms with Crippen molar-refractivity contribution in [3.63, 3.8) is 0 Å². The van der Waals surface area contributed by atoms with Crippen molar-refractivity contribution in [1.82, 2.24) is 9.80 Å². The Labute approximate surface area is 153 Å². The number of benzene rings is 2. The molecule has 2 amide bonds. The van der Waals surface area contributed by atoms with E-state index in [1.54, 1.807) is 29.0 Å². The average molecular weight is 354 g/mol. The van der Waals surface area contributed by atoms with E-state index >= 15 is 0 Å². The maximum Gasteiger partial charge on any atom is 0.256 e. The quantitative estimate of drug-likeness (QED) is 0.846. The molecule has 0 N–H and O–H groups in total. The first-order valence-corrected chi connectivity index (χ1v) is 8.86. The summed E-state index contributed by atoms with van der Waals surface area (Å²) in [5.74, 6) is -1.29. The standard InChI is InChI=1S/C21H23FN2O2/c1-3-23(2)20(25)18-14-24(13-17(18)15-9-5-4-6-10-15)21(26)16-11-7-8-12-19(16)22/h4-12,17-18H,3,13-14H2,1-2H3/t17-,18+/m1/s1. The van der Waals surface area contributed by atoms with Crippen molar-refractivity contribution in [3.8, 4) is 0 Å². The van der Waals surface area contributed by atoms with E-state index in [1.807, 2.05) is 37.3 Å². The molecule has 1 aliphatic rings. The van der Waals surface area contributed by atoms with Gasteiger partial charge in [0, 0.05) is 32.6 Å². The van der Waals surface area contributed by atoms with Gasteiger partial charge in [-0.25, -0.2) is 4.39 Å². The number of likely N-dealkylation sites (tertiary alicyclic amines) is 1. The Kier molecular flexibility index (Phi) is 5.35. The van der Waals surface area contributed by atoms with Crippen LogP contribution in [0.5, 0.6) is 0 Å². The van der Waals surface area contributed by atoms with Crippen LogP contribution < -0.4 is 0 Å². The van der Waals surface area contributed by atoms with Gasteiger partial charge in [-0.1, -0.05) is 42.5 Å². The highest BCUT2D eigenvalue weighted by Gasteiger charge is 2.41. The fourth-order valence-corrected chi connectivity index (χ4v) is 3.50. The van der Waals surface area contributed by atoms with Crippen molar-refractivity contribution < 1.29 is 14.0 Å². The lowest BCUT2D eigenvalue weighted by Crippen LogP contribution is -2.37. The molecular weight excluding hydrogens is 331 g/mol. The maximum atomic E-state index is 14.0. The monoisotopic (exact) mass is 354 g/mol. The Balaban J connectivity index is 1.90. The van der Waals surface area contributed by atoms with Crippen LogP contribution >= 0.6 is 0 Å². The van der Waals surface area contributed by atoms with Crippen LogP contribution in [0.3, 0.4) is 0 Å². The lowest BCUT2D eigenvalue weighted by atomic mass is 9.88. The maximum absolute atomic E-state index is 14.0. The highest BCUT2D eigenvalue weighted by molar-refractivity contribution is 5.95. The summed E-state index contributed by atoms with van der Waals surface area (Å²) in [6.07, 6.45) is 0. The third kappa shape index (κ3) is 3.47. The summed E-state index contributed by atoms with van der Waals surface area (Å²) < 4.78 is 14.0. The van der Waals surface area contributed by atoms with Crippen LogP contribution in [0.1, 0.15) is 28.8 Å². The molecule has 1 heterocycles. The molecule has 0 aliphatic carbocycles. The van der Waals surface area contributed by atoms with Gasteiger partial charge >= 0.3 is 0 Å². The van der Waals surface area contributed by atoms with Crippen LogP contribution in [-0.4, -0.2) is 48.3 Å². The van der Waals surface area contributed by atoms with E-state index in [9.17, 15) is 14.0 Å². The molecular formula is C21H23FN2O2. The van der Waals surface area contributed by atoms with E-state index in [1.165, 1.54) is 12.1 Å². The minimum Gasteiger partial charge on any atom is -0.346 e. The third-order valence-electron chi connectivity index (χ3n) is 5.11. The summed E-state index contributed by atoms with van der Waals surface area (Å²) in [5, 5.41) is 0. The van der Waals surface area contributed by atoms with Crippen molar-refractivity contribution >= 4 is 11.8 Å². The molecule has 2 aromatic carbocycles. The third-order valence-corrected chi connectivity index (χ3v) is 5.11. The summed E-state index contributed by atoms with van der Waals surface area (Å²) in [4.78, 5) is 28.9. The zero-order valence-corrected chi connectivity index (χ0v) is 15.1. The Morgan fingerprint density at radius 3 is 2.38 bits per heavy atom. The highest BCUT2D eigenvalue weighted by atomic mass is 19.1. The van der Waals surface area contributed by atoms with Gasteiger partial charge in [-0.15, -0.1) is 0 Å². The predicted molar refractivity (Wildman–Crippen MR) is 98.3 cm³/mol. The molecule has 0 aromatic heterocycles. The second kappa shape index (κ2) is 7.68. The van der Waals surface area contributed by atoms with Crippen molar-refractivity contribution in [3.05, 3.63) is 71.5 Å². The van der Waals surface area contributed by atoms with Gasteiger partial charge in [0.1, 0.15) is 5.82 Å². The topological polar surface area (TPSA) is 40.6 Å². The fraction of sp³-hybridized carbons (Fsp3) is 0.333. The van der Waals surface area contributed by atoms with Crippen LogP contribution in [0, 0.1) is 11.7 Å². The van der Waals surface area contributed by atoms with E-state index in [-0.39, 0.29) is 29.2 Å². The zero-order valence-electron chi connectivity index (χ0n) is 15.1. The Hall–Kier alpha value is -2.69. The SMILES string of the molecule is CCN(C)C(=O)[C@H]1CN(C(=O)c2ccccc2F)C[C@@H]1c1ccccc1. The van der Waals surface area contributed by atoms with E-state index in [0.29, 0.717) is 19.6 Å². The molecule has 26 heavy (non-hydrogen) atoms. The first-order valence-electron chi connectivity index (χ1n) is 8.86. The van der Waals surface area contributed by atoms with Crippen LogP contribution in [0.2, 0.25) is 0 Å². The van der Waals surface area contributed by atoms with Crippen molar-refractivity contribution in [2.24, 2.45) is 5.92 Å². The molecule has 2 atom stereocenters. The van der Waals surface area contributed by atoms with Gasteiger partial charge in [0.25, 0.3) is 5.91 Å². The minimum atomic E-state index is -0.533. The summed E-state index contributed by atoms with van der Waals surface area (Å²) in [7, 11) is 1.77. The predicted octanol–water partition coefficient (Wildman–Crippen LogP) is 3.16. The molecule has 4 nitrogen and oxygen atoms in total. The van der Waals surface area contributed by atoms with Gasteiger partial charge in [0.05, 0.1) is 11.5 Å². The van der Waals surface area contributed by atoms with Gasteiger partial charge in [-0.2, -0.15) is 0 Å². The van der Waals surface area contributed by atoms with Gasteiger partial charge in [-0.05, 0) is 24.6 Å². The lowest BCUT2D eigenvalue weighted by molar-refractivity contribution is -0.133. The second-order valence-electron chi connectivity index (χ2n) is 6.67. The summed E-state index contributed by atoms with van der Waals surface area (Å²) in [6, 6.07) is 15.7. The Bertz CT molecular complexity index is 794. The zero-order chi connectivity index (χ0) is 18.7. The average Bonchev–Trinajstić information content (AvgIpc) is 3.12. The molecule has 0 unspecified atom stereocenters. The second-order valence-corrected chi connectivity index (χ2v) is 6.67. The number of rotatable bonds is 4. The number of carbonyl (C=O) groups is 2. The summed E-state index contributed by atoms with van der Waals surface area (Å²) in [5.41, 5.74) is 1.08. The van der Waals surface area contributed by atoms with Gasteiger partial charge in [-0.3, -0.25) is 9.59 Å². The number of amides is 2. The van der Waals surface area contributed by atoms with E-state index in [4.69, 9.17) is 0 Å². The molecule has 1 saturated heterocycles. The molecule has 136 valence electrons. The van der Waals surface area contributed by atoms with Crippen molar-refractivity contribution in [1.29, 1.82) is 0 Å². The van der Waals surface area contributed by atoms with Crippen molar-refractivity contribution in [2.75, 3.05) is 26.7 Å². The number of halogens is 1. The van der Waals surface area contributed by atoms with Crippen LogP contribution in [0.25, 0.3) is 0 Å². The molecule has 0 bridgehead atoms. The van der Waals surface area contributed by atoms with Gasteiger partial charge in [0.2, 0.25) is 5.91 Å². The molecule has 1 aliphatic heterocycles. The van der Waals surface area contributed by atoms with Crippen molar-refractivity contribution in [2.45, 2.75) is 12.8 Å². The van der Waals surface area contributed by atoms with Gasteiger partial charge < -0.3 is 9.80 Å². The molecule has 5 heteroatoms. The van der Waals surface area contributed by atoms with E-state index in [0.717, 1.165) is 5.56 Å². The first kappa shape index (κ1) is 18.1. The van der Waals surface area contributed by atoms with Crippen LogP contribution in [-0.2, 0) is 4.79 Å². The van der Waals surface area contributed by atoms with E-state index in [2.05, 4.69) is 0 Å². The van der Waals surface area contributed by atoms with Gasteiger partial charge in [0.15, 0.2) is 0 Å². The molecule has 0 radical (unpaired) electrons. The highest BCUT2D eigenvalue weighted by Crippen LogP contribution is 2.34. The smallest absolute Gasteiger partial charge is 0.256 e. The minimum absolute atomic E-state index is 0.0187. The molecule has 2 aromatic rings. The fourth-order valence-electron chi connectivity index (χ4n) is 3.50. The normalized spacial score (nSPS) is 19.4. The molecule has 0 spiro atoms. The first-order chi connectivity index (χ1) is 12.5. The largest absolute Gasteiger partial charge is 0.346 e. The number of carbonyl (C=O) groups excluding carboxylic acids is 2. The summed E-state index contributed by atoms with van der Waals surface area (Å²) >= 11 is 0. The summed E-state index contributed by atoms with van der Waals surface area (Å²) in [6.45, 7) is 3.24. The van der Waals surface area contributed by atoms with E-state index < -0.39 is 5.82 Å². The number of nitrogens with zero attached hydrogens (tertiary/aromatic N) is 2. The molecule has 1 fully saturated rings. The Morgan fingerprint density at radius 2 is 1.73 bits per heavy atom.